The highest BCUT2D eigenvalue weighted by atomic mass is 35.5. The number of rotatable bonds is 3. The summed E-state index contributed by atoms with van der Waals surface area (Å²) in [5, 5.41) is 8.56. The number of carboxylic acids is 1. The average Bonchev–Trinajstić information content (AvgIpc) is 2.06. The van der Waals surface area contributed by atoms with Crippen LogP contribution >= 0.6 is 12.4 Å². The molecule has 1 rings (SSSR count). The Morgan fingerprint density at radius 1 is 1.38 bits per heavy atom. The number of aromatic carboxylic acids is 1. The maximum absolute atomic E-state index is 10.4. The predicted octanol–water partition coefficient (Wildman–Crippen LogP) is 2.21. The molecule has 0 heterocycles. The molecule has 0 bridgehead atoms. The molecule has 0 fully saturated rings. The molecule has 1 aromatic rings. The highest BCUT2D eigenvalue weighted by Gasteiger charge is 2.00. The lowest BCUT2D eigenvalue weighted by Gasteiger charge is -2.01. The van der Waals surface area contributed by atoms with Crippen LogP contribution in [-0.4, -0.2) is 17.7 Å². The molecule has 0 amide bonds. The smallest absolute Gasteiger partial charge is 0.335 e. The van der Waals surface area contributed by atoms with Crippen LogP contribution in [0.15, 0.2) is 24.3 Å². The van der Waals surface area contributed by atoms with Crippen LogP contribution in [0.5, 0.6) is 5.75 Å². The van der Waals surface area contributed by atoms with Gasteiger partial charge >= 0.3 is 5.97 Å². The third-order valence-corrected chi connectivity index (χ3v) is 1.41. The van der Waals surface area contributed by atoms with E-state index < -0.39 is 5.97 Å². The van der Waals surface area contributed by atoms with E-state index in [2.05, 4.69) is 0 Å². The van der Waals surface area contributed by atoms with Crippen LogP contribution in [0.1, 0.15) is 17.3 Å². The van der Waals surface area contributed by atoms with Crippen LogP contribution in [0.2, 0.25) is 0 Å². The van der Waals surface area contributed by atoms with Gasteiger partial charge in [0.25, 0.3) is 0 Å². The first-order valence-electron chi connectivity index (χ1n) is 3.70. The molecule has 0 unspecified atom stereocenters. The standard InChI is InChI=1S/C9H10O3.ClH/c1-2-12-8-5-3-7(4-6-8)9(10)11;/h3-6H,2H2,1H3,(H,10,11);1H. The van der Waals surface area contributed by atoms with E-state index in [4.69, 9.17) is 9.84 Å². The zero-order valence-electron chi connectivity index (χ0n) is 7.19. The highest BCUT2D eigenvalue weighted by Crippen LogP contribution is 2.11. The summed E-state index contributed by atoms with van der Waals surface area (Å²) >= 11 is 0. The molecule has 0 radical (unpaired) electrons. The minimum absolute atomic E-state index is 0. The Kier molecular flexibility index (Phi) is 4.92. The summed E-state index contributed by atoms with van der Waals surface area (Å²) in [6.45, 7) is 2.47. The van der Waals surface area contributed by atoms with Gasteiger partial charge in [0.15, 0.2) is 0 Å². The Morgan fingerprint density at radius 2 is 1.92 bits per heavy atom. The molecule has 0 spiro atoms. The van der Waals surface area contributed by atoms with Crippen LogP contribution < -0.4 is 4.74 Å². The van der Waals surface area contributed by atoms with E-state index in [-0.39, 0.29) is 18.0 Å². The largest absolute Gasteiger partial charge is 0.494 e. The number of ether oxygens (including phenoxy) is 1. The van der Waals surface area contributed by atoms with Gasteiger partial charge in [0, 0.05) is 0 Å². The molecular formula is C9H11ClO3. The van der Waals surface area contributed by atoms with Crippen LogP contribution in [0.25, 0.3) is 0 Å². The van der Waals surface area contributed by atoms with Gasteiger partial charge in [0.05, 0.1) is 12.2 Å². The second-order valence-electron chi connectivity index (χ2n) is 2.26. The Bertz CT molecular complexity index is 269. The number of carboxylic acid groups (broad SMARTS) is 1. The molecule has 0 atom stereocenters. The number of halogens is 1. The monoisotopic (exact) mass is 202 g/mol. The molecular weight excluding hydrogens is 192 g/mol. The lowest BCUT2D eigenvalue weighted by atomic mass is 10.2. The Hall–Kier alpha value is -1.22. The van der Waals surface area contributed by atoms with E-state index in [9.17, 15) is 4.79 Å². The summed E-state index contributed by atoms with van der Waals surface area (Å²) in [5.74, 6) is -0.222. The van der Waals surface area contributed by atoms with Crippen molar-refractivity contribution in [1.29, 1.82) is 0 Å². The SMILES string of the molecule is CCOc1ccc(C(=O)O)cc1.Cl. The molecule has 1 aromatic carbocycles. The van der Waals surface area contributed by atoms with Gasteiger partial charge in [-0.15, -0.1) is 12.4 Å². The van der Waals surface area contributed by atoms with Gasteiger partial charge in [-0.3, -0.25) is 0 Å². The maximum Gasteiger partial charge on any atom is 0.335 e. The zero-order chi connectivity index (χ0) is 8.97. The number of hydrogen-bond donors (Lipinski definition) is 1. The van der Waals surface area contributed by atoms with Crippen molar-refractivity contribution in [2.24, 2.45) is 0 Å². The van der Waals surface area contributed by atoms with E-state index in [1.54, 1.807) is 12.1 Å². The van der Waals surface area contributed by atoms with E-state index in [1.165, 1.54) is 12.1 Å². The minimum Gasteiger partial charge on any atom is -0.494 e. The van der Waals surface area contributed by atoms with Crippen molar-refractivity contribution in [1.82, 2.24) is 0 Å². The second kappa shape index (κ2) is 5.43. The molecule has 13 heavy (non-hydrogen) atoms. The Balaban J connectivity index is 0.00000144. The van der Waals surface area contributed by atoms with Crippen LogP contribution in [0.4, 0.5) is 0 Å². The average molecular weight is 203 g/mol. The molecule has 0 aliphatic carbocycles. The van der Waals surface area contributed by atoms with E-state index in [1.807, 2.05) is 6.92 Å². The fourth-order valence-corrected chi connectivity index (χ4v) is 0.860. The lowest BCUT2D eigenvalue weighted by Crippen LogP contribution is -1.96. The van der Waals surface area contributed by atoms with Gasteiger partial charge in [-0.05, 0) is 31.2 Å². The molecule has 1 N–H and O–H groups in total. The van der Waals surface area contributed by atoms with Gasteiger partial charge in [0.2, 0.25) is 0 Å². The summed E-state index contributed by atoms with van der Waals surface area (Å²) in [6.07, 6.45) is 0. The Morgan fingerprint density at radius 3 is 2.31 bits per heavy atom. The summed E-state index contributed by atoms with van der Waals surface area (Å²) in [5.41, 5.74) is 0.276. The van der Waals surface area contributed by atoms with Gasteiger partial charge in [-0.1, -0.05) is 0 Å². The topological polar surface area (TPSA) is 46.5 Å². The minimum atomic E-state index is -0.918. The molecule has 72 valence electrons. The molecule has 0 saturated heterocycles. The van der Waals surface area contributed by atoms with Crippen molar-refractivity contribution in [2.45, 2.75) is 6.92 Å². The molecule has 4 heteroatoms. The zero-order valence-corrected chi connectivity index (χ0v) is 8.00. The molecule has 0 aromatic heterocycles. The van der Waals surface area contributed by atoms with Crippen LogP contribution in [0.3, 0.4) is 0 Å². The van der Waals surface area contributed by atoms with Crippen molar-refractivity contribution >= 4 is 18.4 Å². The summed E-state index contributed by atoms with van der Waals surface area (Å²) < 4.78 is 5.15. The normalized spacial score (nSPS) is 8.69. The maximum atomic E-state index is 10.4. The van der Waals surface area contributed by atoms with Crippen molar-refractivity contribution in [3.05, 3.63) is 29.8 Å². The van der Waals surface area contributed by atoms with Gasteiger partial charge < -0.3 is 9.84 Å². The third-order valence-electron chi connectivity index (χ3n) is 1.41. The number of hydrogen-bond acceptors (Lipinski definition) is 2. The van der Waals surface area contributed by atoms with Gasteiger partial charge in [-0.25, -0.2) is 4.79 Å². The fraction of sp³-hybridized carbons (Fsp3) is 0.222. The summed E-state index contributed by atoms with van der Waals surface area (Å²) in [4.78, 5) is 10.4. The number of carbonyl (C=O) groups is 1. The van der Waals surface area contributed by atoms with Gasteiger partial charge in [0.1, 0.15) is 5.75 Å². The third kappa shape index (κ3) is 3.34. The summed E-state index contributed by atoms with van der Waals surface area (Å²) in [6, 6.07) is 6.33. The lowest BCUT2D eigenvalue weighted by molar-refractivity contribution is 0.0697. The first kappa shape index (κ1) is 11.8. The quantitative estimate of drug-likeness (QED) is 0.818. The first-order chi connectivity index (χ1) is 5.74. The van der Waals surface area contributed by atoms with Crippen molar-refractivity contribution in [2.75, 3.05) is 6.61 Å². The molecule has 0 saturated carbocycles. The highest BCUT2D eigenvalue weighted by molar-refractivity contribution is 5.87. The predicted molar refractivity (Wildman–Crippen MR) is 51.8 cm³/mol. The van der Waals surface area contributed by atoms with Crippen molar-refractivity contribution < 1.29 is 14.6 Å². The molecule has 3 nitrogen and oxygen atoms in total. The van der Waals surface area contributed by atoms with Crippen molar-refractivity contribution in [3.8, 4) is 5.75 Å². The summed E-state index contributed by atoms with van der Waals surface area (Å²) in [7, 11) is 0. The van der Waals surface area contributed by atoms with Crippen molar-refractivity contribution in [3.63, 3.8) is 0 Å². The van der Waals surface area contributed by atoms with E-state index in [0.717, 1.165) is 0 Å². The molecule has 0 aliphatic rings. The fourth-order valence-electron chi connectivity index (χ4n) is 0.860. The van der Waals surface area contributed by atoms with Crippen LogP contribution in [-0.2, 0) is 0 Å². The number of benzene rings is 1. The van der Waals surface area contributed by atoms with Gasteiger partial charge in [-0.2, -0.15) is 0 Å². The Labute approximate surface area is 82.7 Å². The molecule has 0 aliphatic heterocycles. The van der Waals surface area contributed by atoms with E-state index in [0.29, 0.717) is 12.4 Å². The van der Waals surface area contributed by atoms with Crippen LogP contribution in [0, 0.1) is 0 Å². The second-order valence-corrected chi connectivity index (χ2v) is 2.26. The first-order valence-corrected chi connectivity index (χ1v) is 3.70. The van der Waals surface area contributed by atoms with E-state index >= 15 is 0 Å².